The second-order valence-electron chi connectivity index (χ2n) is 7.85. The molecule has 2 amide bonds. The predicted octanol–water partition coefficient (Wildman–Crippen LogP) is 4.34. The molecule has 1 aliphatic rings. The molecule has 0 spiro atoms. The summed E-state index contributed by atoms with van der Waals surface area (Å²) in [5, 5.41) is 15.5. The summed E-state index contributed by atoms with van der Waals surface area (Å²) < 4.78 is 13.1. The van der Waals surface area contributed by atoms with Crippen molar-refractivity contribution in [2.45, 2.75) is 38.8 Å². The molecule has 0 saturated carbocycles. The van der Waals surface area contributed by atoms with Crippen LogP contribution in [0.2, 0.25) is 0 Å². The normalized spacial score (nSPS) is 15.6. The zero-order valence-corrected chi connectivity index (χ0v) is 17.1. The maximum Gasteiger partial charge on any atom is 0.407 e. The number of carboxylic acid groups (broad SMARTS) is 1. The van der Waals surface area contributed by atoms with E-state index in [1.54, 1.807) is 0 Å². The summed E-state index contributed by atoms with van der Waals surface area (Å²) in [5.74, 6) is -0.143. The molecule has 1 heterocycles. The number of rotatable bonds is 7. The van der Waals surface area contributed by atoms with Crippen LogP contribution in [-0.2, 0) is 6.54 Å². The molecule has 1 unspecified atom stereocenters. The SMILES string of the molecule is CC(CC1CCN(C(=O)O)CC1)NCc1ccccc1NC(=O)c1ccc(F)cc1. The lowest BCUT2D eigenvalue weighted by Crippen LogP contribution is -2.39. The quantitative estimate of drug-likeness (QED) is 0.631. The lowest BCUT2D eigenvalue weighted by molar-refractivity contribution is 0.102. The molecule has 1 aliphatic heterocycles. The minimum atomic E-state index is -0.834. The number of anilines is 1. The third-order valence-electron chi connectivity index (χ3n) is 5.58. The van der Waals surface area contributed by atoms with Crippen molar-refractivity contribution >= 4 is 17.7 Å². The van der Waals surface area contributed by atoms with Gasteiger partial charge in [-0.15, -0.1) is 0 Å². The standard InChI is InChI=1S/C23H28FN3O3/c1-16(14-17-10-12-27(13-11-17)23(29)30)25-15-19-4-2-3-5-21(19)26-22(28)18-6-8-20(24)9-7-18/h2-9,16-17,25H,10-15H2,1H3,(H,26,28)(H,29,30). The van der Waals surface area contributed by atoms with Gasteiger partial charge in [-0.3, -0.25) is 4.79 Å². The van der Waals surface area contributed by atoms with Crippen LogP contribution in [-0.4, -0.2) is 41.1 Å². The van der Waals surface area contributed by atoms with Crippen LogP contribution in [0.1, 0.15) is 42.1 Å². The molecule has 160 valence electrons. The van der Waals surface area contributed by atoms with Crippen molar-refractivity contribution in [3.05, 3.63) is 65.5 Å². The average molecular weight is 413 g/mol. The van der Waals surface area contributed by atoms with E-state index in [-0.39, 0.29) is 17.8 Å². The van der Waals surface area contributed by atoms with Crippen molar-refractivity contribution in [2.24, 2.45) is 5.92 Å². The van der Waals surface area contributed by atoms with Crippen molar-refractivity contribution in [1.82, 2.24) is 10.2 Å². The Morgan fingerprint density at radius 3 is 2.47 bits per heavy atom. The van der Waals surface area contributed by atoms with Gasteiger partial charge in [0.25, 0.3) is 5.91 Å². The van der Waals surface area contributed by atoms with Gasteiger partial charge < -0.3 is 20.6 Å². The van der Waals surface area contributed by atoms with Crippen LogP contribution < -0.4 is 10.6 Å². The van der Waals surface area contributed by atoms with E-state index in [4.69, 9.17) is 5.11 Å². The van der Waals surface area contributed by atoms with E-state index in [1.807, 2.05) is 24.3 Å². The van der Waals surface area contributed by atoms with Crippen LogP contribution in [0.4, 0.5) is 14.9 Å². The summed E-state index contributed by atoms with van der Waals surface area (Å²) in [4.78, 5) is 25.0. The average Bonchev–Trinajstić information content (AvgIpc) is 2.74. The van der Waals surface area contributed by atoms with Crippen molar-refractivity contribution in [2.75, 3.05) is 18.4 Å². The minimum Gasteiger partial charge on any atom is -0.465 e. The number of amides is 2. The molecule has 1 atom stereocenters. The molecule has 1 fully saturated rings. The number of hydrogen-bond acceptors (Lipinski definition) is 3. The monoisotopic (exact) mass is 413 g/mol. The van der Waals surface area contributed by atoms with Crippen LogP contribution in [0.25, 0.3) is 0 Å². The van der Waals surface area contributed by atoms with Crippen molar-refractivity contribution in [3.63, 3.8) is 0 Å². The van der Waals surface area contributed by atoms with E-state index in [9.17, 15) is 14.0 Å². The highest BCUT2D eigenvalue weighted by molar-refractivity contribution is 6.04. The van der Waals surface area contributed by atoms with Gasteiger partial charge in [0.1, 0.15) is 5.82 Å². The Bertz CT molecular complexity index is 864. The number of nitrogens with zero attached hydrogens (tertiary/aromatic N) is 1. The van der Waals surface area contributed by atoms with Gasteiger partial charge in [-0.1, -0.05) is 18.2 Å². The molecule has 0 aliphatic carbocycles. The Labute approximate surface area is 176 Å². The molecule has 3 rings (SSSR count). The van der Waals surface area contributed by atoms with Crippen molar-refractivity contribution in [3.8, 4) is 0 Å². The molecule has 6 nitrogen and oxygen atoms in total. The molecular formula is C23H28FN3O3. The zero-order valence-electron chi connectivity index (χ0n) is 17.1. The molecular weight excluding hydrogens is 385 g/mol. The molecule has 2 aromatic rings. The van der Waals surface area contributed by atoms with Gasteiger partial charge in [0, 0.05) is 36.9 Å². The molecule has 0 aromatic heterocycles. The van der Waals surface area contributed by atoms with Gasteiger partial charge in [-0.05, 0) is 68.0 Å². The molecule has 1 saturated heterocycles. The highest BCUT2D eigenvalue weighted by Crippen LogP contribution is 2.23. The maximum atomic E-state index is 13.1. The number of nitrogens with one attached hydrogen (secondary N) is 2. The largest absolute Gasteiger partial charge is 0.465 e. The first-order valence-corrected chi connectivity index (χ1v) is 10.3. The fourth-order valence-electron chi connectivity index (χ4n) is 3.82. The zero-order chi connectivity index (χ0) is 21.5. The molecule has 0 bridgehead atoms. The summed E-state index contributed by atoms with van der Waals surface area (Å²) in [6.07, 6.45) is 1.93. The smallest absolute Gasteiger partial charge is 0.407 e. The van der Waals surface area contributed by atoms with E-state index >= 15 is 0 Å². The lowest BCUT2D eigenvalue weighted by Gasteiger charge is -2.31. The van der Waals surface area contributed by atoms with Gasteiger partial charge >= 0.3 is 6.09 Å². The second-order valence-corrected chi connectivity index (χ2v) is 7.85. The Balaban J connectivity index is 1.51. The summed E-state index contributed by atoms with van der Waals surface area (Å²) in [6.45, 7) is 3.94. The van der Waals surface area contributed by atoms with Crippen LogP contribution in [0, 0.1) is 11.7 Å². The number of para-hydroxylation sites is 1. The Morgan fingerprint density at radius 1 is 1.13 bits per heavy atom. The van der Waals surface area contributed by atoms with Gasteiger partial charge in [-0.25, -0.2) is 9.18 Å². The molecule has 30 heavy (non-hydrogen) atoms. The van der Waals surface area contributed by atoms with Crippen molar-refractivity contribution < 1.29 is 19.1 Å². The lowest BCUT2D eigenvalue weighted by atomic mass is 9.91. The number of piperidine rings is 1. The Morgan fingerprint density at radius 2 is 1.80 bits per heavy atom. The number of carbonyl (C=O) groups is 2. The Kier molecular flexibility index (Phi) is 7.41. The van der Waals surface area contributed by atoms with Gasteiger partial charge in [0.05, 0.1) is 0 Å². The van der Waals surface area contributed by atoms with Crippen LogP contribution in [0.5, 0.6) is 0 Å². The summed E-state index contributed by atoms with van der Waals surface area (Å²) in [7, 11) is 0. The highest BCUT2D eigenvalue weighted by atomic mass is 19.1. The molecule has 0 radical (unpaired) electrons. The number of halogens is 1. The van der Waals surface area contributed by atoms with Crippen molar-refractivity contribution in [1.29, 1.82) is 0 Å². The fraction of sp³-hybridized carbons (Fsp3) is 0.391. The van der Waals surface area contributed by atoms with Crippen LogP contribution >= 0.6 is 0 Å². The number of hydrogen-bond donors (Lipinski definition) is 3. The highest BCUT2D eigenvalue weighted by Gasteiger charge is 2.23. The Hall–Kier alpha value is -2.93. The van der Waals surface area contributed by atoms with Crippen LogP contribution in [0.3, 0.4) is 0 Å². The van der Waals surface area contributed by atoms with Crippen LogP contribution in [0.15, 0.2) is 48.5 Å². The first-order chi connectivity index (χ1) is 14.4. The maximum absolute atomic E-state index is 13.1. The third-order valence-corrected chi connectivity index (χ3v) is 5.58. The van der Waals surface area contributed by atoms with E-state index in [0.717, 1.165) is 30.5 Å². The van der Waals surface area contributed by atoms with Gasteiger partial charge in [0.15, 0.2) is 0 Å². The van der Waals surface area contributed by atoms with E-state index in [2.05, 4.69) is 17.6 Å². The number of benzene rings is 2. The van der Waals surface area contributed by atoms with E-state index in [1.165, 1.54) is 29.2 Å². The van der Waals surface area contributed by atoms with Gasteiger partial charge in [0.2, 0.25) is 0 Å². The fourth-order valence-corrected chi connectivity index (χ4v) is 3.82. The summed E-state index contributed by atoms with van der Waals surface area (Å²) >= 11 is 0. The minimum absolute atomic E-state index is 0.271. The van der Waals surface area contributed by atoms with E-state index in [0.29, 0.717) is 31.1 Å². The molecule has 3 N–H and O–H groups in total. The second kappa shape index (κ2) is 10.2. The van der Waals surface area contributed by atoms with Gasteiger partial charge in [-0.2, -0.15) is 0 Å². The number of likely N-dealkylation sites (tertiary alicyclic amines) is 1. The summed E-state index contributed by atoms with van der Waals surface area (Å²) in [5.41, 5.74) is 2.10. The summed E-state index contributed by atoms with van der Waals surface area (Å²) in [6, 6.07) is 13.3. The molecule has 2 aromatic carbocycles. The van der Waals surface area contributed by atoms with E-state index < -0.39 is 6.09 Å². The molecule has 7 heteroatoms. The first kappa shape index (κ1) is 21.8. The first-order valence-electron chi connectivity index (χ1n) is 10.3. The topological polar surface area (TPSA) is 81.7 Å². The third kappa shape index (κ3) is 6.03. The number of carbonyl (C=O) groups excluding carboxylic acids is 1. The predicted molar refractivity (Wildman–Crippen MR) is 114 cm³/mol.